The Morgan fingerprint density at radius 3 is 2.71 bits per heavy atom. The number of ether oxygens (including phenoxy) is 1. The first-order valence-electron chi connectivity index (χ1n) is 15.4. The van der Waals surface area contributed by atoms with E-state index < -0.39 is 27.3 Å². The van der Waals surface area contributed by atoms with Gasteiger partial charge >= 0.3 is 0 Å². The average molecular weight is 615 g/mol. The second-order valence-electron chi connectivity index (χ2n) is 12.2. The topological polar surface area (TPSA) is 95.9 Å². The van der Waals surface area contributed by atoms with Gasteiger partial charge in [0.25, 0.3) is 5.91 Å². The molecule has 5 rings (SSSR count). The van der Waals surface area contributed by atoms with E-state index in [1.807, 2.05) is 44.2 Å². The molecule has 0 saturated heterocycles. The summed E-state index contributed by atoms with van der Waals surface area (Å²) in [6, 6.07) is 11.1. The number of amides is 1. The fraction of sp³-hybridized carbons (Fsp3) is 0.545. The lowest BCUT2D eigenvalue weighted by atomic mass is 9.70. The molecule has 2 aromatic carbocycles. The van der Waals surface area contributed by atoms with Gasteiger partial charge in [-0.15, -0.1) is 0 Å². The quantitative estimate of drug-likeness (QED) is 0.387. The number of aryl methyl sites for hydroxylation is 1. The summed E-state index contributed by atoms with van der Waals surface area (Å²) in [4.78, 5) is 15.7. The molecule has 3 aliphatic rings. The van der Waals surface area contributed by atoms with E-state index in [0.29, 0.717) is 42.6 Å². The number of carbonyl (C=O) groups is 1. The number of allylic oxidation sites excluding steroid dienone is 1. The predicted octanol–water partition coefficient (Wildman–Crippen LogP) is 6.27. The average Bonchev–Trinajstić information content (AvgIpc) is 2.96. The molecule has 2 aliphatic heterocycles. The molecule has 1 aliphatic carbocycles. The van der Waals surface area contributed by atoms with Crippen molar-refractivity contribution in [1.29, 1.82) is 0 Å². The zero-order valence-electron chi connectivity index (χ0n) is 24.6. The molecule has 2 heterocycles. The maximum Gasteiger partial charge on any atom is 0.264 e. The number of hydrogen-bond acceptors (Lipinski definition) is 6. The van der Waals surface area contributed by atoms with Crippen LogP contribution < -0.4 is 14.4 Å². The summed E-state index contributed by atoms with van der Waals surface area (Å²) in [5, 5.41) is 11.1. The minimum Gasteiger partial charge on any atom is -0.487 e. The summed E-state index contributed by atoms with van der Waals surface area (Å²) in [5.74, 6) is 0.250. The molecule has 2 bridgehead atoms. The van der Waals surface area contributed by atoms with Crippen molar-refractivity contribution in [3.63, 3.8) is 0 Å². The van der Waals surface area contributed by atoms with Crippen LogP contribution in [0.25, 0.3) is 0 Å². The van der Waals surface area contributed by atoms with Gasteiger partial charge in [-0.05, 0) is 104 Å². The highest BCUT2D eigenvalue weighted by Gasteiger charge is 2.37. The summed E-state index contributed by atoms with van der Waals surface area (Å²) in [5.41, 5.74) is 3.31. The summed E-state index contributed by atoms with van der Waals surface area (Å²) in [6.07, 6.45) is 9.60. The molecule has 9 heteroatoms. The number of aliphatic hydroxyl groups excluding tert-OH is 1. The third-order valence-electron chi connectivity index (χ3n) is 9.29. The van der Waals surface area contributed by atoms with Crippen LogP contribution in [0.3, 0.4) is 0 Å². The number of nitrogens with zero attached hydrogens (tertiary/aromatic N) is 1. The van der Waals surface area contributed by atoms with Gasteiger partial charge in [0.15, 0.2) is 0 Å². The van der Waals surface area contributed by atoms with Gasteiger partial charge in [-0.3, -0.25) is 4.79 Å². The van der Waals surface area contributed by atoms with Gasteiger partial charge in [-0.1, -0.05) is 50.1 Å². The third kappa shape index (κ3) is 6.98. The number of aliphatic hydroxyl groups is 1. The molecule has 1 fully saturated rings. The van der Waals surface area contributed by atoms with Crippen LogP contribution in [-0.2, 0) is 23.1 Å². The van der Waals surface area contributed by atoms with Gasteiger partial charge in [0, 0.05) is 23.7 Å². The van der Waals surface area contributed by atoms with Gasteiger partial charge in [0.1, 0.15) is 12.4 Å². The van der Waals surface area contributed by atoms with Crippen LogP contribution in [0.15, 0.2) is 48.6 Å². The van der Waals surface area contributed by atoms with Crippen molar-refractivity contribution >= 4 is 33.2 Å². The highest BCUT2D eigenvalue weighted by atomic mass is 35.5. The normalized spacial score (nSPS) is 29.0. The summed E-state index contributed by atoms with van der Waals surface area (Å²) >= 11 is 6.31. The molecule has 2 aromatic rings. The molecule has 2 N–H and O–H groups in total. The Balaban J connectivity index is 1.54. The van der Waals surface area contributed by atoms with Gasteiger partial charge in [-0.25, -0.2) is 13.1 Å². The number of anilines is 1. The van der Waals surface area contributed by atoms with Crippen LogP contribution in [-0.4, -0.2) is 43.9 Å². The number of fused-ring (bicyclic) bond motifs is 3. The zero-order valence-corrected chi connectivity index (χ0v) is 26.2. The maximum absolute atomic E-state index is 13.5. The van der Waals surface area contributed by atoms with Crippen molar-refractivity contribution in [2.75, 3.05) is 18.0 Å². The van der Waals surface area contributed by atoms with E-state index in [9.17, 15) is 18.3 Å². The highest BCUT2D eigenvalue weighted by molar-refractivity contribution is 7.90. The molecular weight excluding hydrogens is 572 g/mol. The highest BCUT2D eigenvalue weighted by Crippen LogP contribution is 2.41. The standard InChI is InChI=1S/C33H43ClN2O5S/c1-3-7-32-22(2)8-6-10-30(37)28-15-12-25(28)20-36-17-5-4-9-23-18-27(34)14-11-26(23)21-41-31-16-13-24(19-29(31)36)33(38)35-42(32,39)40/h6,10-11,13-14,16,18-19,22,25,28,30,32,37H,3-5,7-9,12,15,17,20-21H2,1-2H3,(H,35,38)/b10-6-/t22-,25+,28-,30+,32-/m1/s1. The van der Waals surface area contributed by atoms with E-state index in [4.69, 9.17) is 16.3 Å². The molecule has 0 unspecified atom stereocenters. The molecule has 0 aromatic heterocycles. The van der Waals surface area contributed by atoms with E-state index in [1.165, 1.54) is 5.56 Å². The number of sulfonamides is 1. The molecule has 228 valence electrons. The molecular formula is C33H43ClN2O5S. The van der Waals surface area contributed by atoms with Crippen molar-refractivity contribution < 1.29 is 23.1 Å². The number of benzene rings is 2. The number of carbonyl (C=O) groups excluding carboxylic acids is 1. The minimum absolute atomic E-state index is 0.139. The monoisotopic (exact) mass is 614 g/mol. The summed E-state index contributed by atoms with van der Waals surface area (Å²) in [6.45, 7) is 5.68. The van der Waals surface area contributed by atoms with E-state index in [0.717, 1.165) is 56.4 Å². The van der Waals surface area contributed by atoms with Crippen molar-refractivity contribution in [2.45, 2.75) is 83.2 Å². The minimum atomic E-state index is -3.93. The fourth-order valence-corrected chi connectivity index (χ4v) is 8.65. The van der Waals surface area contributed by atoms with Crippen LogP contribution in [0.1, 0.15) is 80.3 Å². The Morgan fingerprint density at radius 2 is 1.95 bits per heavy atom. The van der Waals surface area contributed by atoms with Gasteiger partial charge in [0.2, 0.25) is 10.0 Å². The smallest absolute Gasteiger partial charge is 0.264 e. The number of nitrogens with one attached hydrogen (secondary N) is 1. The first kappa shape index (κ1) is 30.9. The summed E-state index contributed by atoms with van der Waals surface area (Å²) in [7, 11) is -3.93. The molecule has 0 spiro atoms. The SMILES string of the molecule is CCC[C@@H]1[C@H](C)C/C=C\[C@H](O)[C@@H]2CC[C@H]2CN2CCCCc3cc(Cl)ccc3COc3ccc(cc32)C(=O)NS1(=O)=O. The van der Waals surface area contributed by atoms with Crippen molar-refractivity contribution in [3.8, 4) is 5.75 Å². The molecule has 5 atom stereocenters. The lowest BCUT2D eigenvalue weighted by molar-refractivity contribution is 0.0461. The Bertz CT molecular complexity index is 1410. The van der Waals surface area contributed by atoms with E-state index in [2.05, 4.69) is 9.62 Å². The predicted molar refractivity (Wildman–Crippen MR) is 168 cm³/mol. The third-order valence-corrected chi connectivity index (χ3v) is 11.5. The second kappa shape index (κ2) is 13.4. The molecule has 1 saturated carbocycles. The molecule has 0 radical (unpaired) electrons. The molecule has 7 nitrogen and oxygen atoms in total. The lowest BCUT2D eigenvalue weighted by Gasteiger charge is -2.42. The summed E-state index contributed by atoms with van der Waals surface area (Å²) < 4.78 is 35.7. The van der Waals surface area contributed by atoms with E-state index in [1.54, 1.807) is 18.2 Å². The number of hydrogen-bond donors (Lipinski definition) is 2. The lowest BCUT2D eigenvalue weighted by Crippen LogP contribution is -2.43. The van der Waals surface area contributed by atoms with Gasteiger partial charge in [0.05, 0.1) is 17.0 Å². The maximum atomic E-state index is 13.5. The van der Waals surface area contributed by atoms with Crippen LogP contribution in [0.4, 0.5) is 5.69 Å². The van der Waals surface area contributed by atoms with Gasteiger partial charge < -0.3 is 14.7 Å². The Hall–Kier alpha value is -2.55. The van der Waals surface area contributed by atoms with Crippen LogP contribution in [0.2, 0.25) is 5.02 Å². The Labute approximate surface area is 255 Å². The first-order chi connectivity index (χ1) is 20.2. The molecule has 42 heavy (non-hydrogen) atoms. The Morgan fingerprint density at radius 1 is 1.12 bits per heavy atom. The van der Waals surface area contributed by atoms with E-state index in [-0.39, 0.29) is 17.4 Å². The van der Waals surface area contributed by atoms with Crippen LogP contribution >= 0.6 is 11.6 Å². The zero-order chi connectivity index (χ0) is 29.9. The van der Waals surface area contributed by atoms with Crippen molar-refractivity contribution in [1.82, 2.24) is 4.72 Å². The fourth-order valence-electron chi connectivity index (χ4n) is 6.65. The second-order valence-corrected chi connectivity index (χ2v) is 14.6. The first-order valence-corrected chi connectivity index (χ1v) is 17.3. The van der Waals surface area contributed by atoms with Crippen LogP contribution in [0.5, 0.6) is 5.75 Å². The van der Waals surface area contributed by atoms with Crippen molar-refractivity contribution in [2.24, 2.45) is 17.8 Å². The van der Waals surface area contributed by atoms with E-state index >= 15 is 0 Å². The Kier molecular flexibility index (Phi) is 9.85. The van der Waals surface area contributed by atoms with Crippen LogP contribution in [0, 0.1) is 17.8 Å². The largest absolute Gasteiger partial charge is 0.487 e. The van der Waals surface area contributed by atoms with Crippen molar-refractivity contribution in [3.05, 3.63) is 70.3 Å². The number of halogens is 1. The van der Waals surface area contributed by atoms with Gasteiger partial charge in [-0.2, -0.15) is 0 Å². The number of rotatable bonds is 2. The molecule has 1 amide bonds.